The van der Waals surface area contributed by atoms with Crippen molar-refractivity contribution in [3.63, 3.8) is 0 Å². The van der Waals surface area contributed by atoms with Gasteiger partial charge in [-0.2, -0.15) is 4.98 Å². The number of benzene rings is 1. The SMILES string of the molecule is COc1ccccc1CN1CCN(CCCN2C(=O)CS(=O)c3ncnc(OC)c32)CC1. The Kier molecular flexibility index (Phi) is 7.33. The maximum Gasteiger partial charge on any atom is 0.242 e. The summed E-state index contributed by atoms with van der Waals surface area (Å²) < 4.78 is 23.1. The maximum absolute atomic E-state index is 12.6. The van der Waals surface area contributed by atoms with Crippen molar-refractivity contribution in [2.75, 3.05) is 64.1 Å². The van der Waals surface area contributed by atoms with Gasteiger partial charge in [0, 0.05) is 44.8 Å². The maximum atomic E-state index is 12.6. The van der Waals surface area contributed by atoms with Gasteiger partial charge in [0.1, 0.15) is 23.5 Å². The Morgan fingerprint density at radius 2 is 1.75 bits per heavy atom. The lowest BCUT2D eigenvalue weighted by Crippen LogP contribution is -2.47. The van der Waals surface area contributed by atoms with Gasteiger partial charge in [0.05, 0.1) is 25.0 Å². The quantitative estimate of drug-likeness (QED) is 0.544. The predicted octanol–water partition coefficient (Wildman–Crippen LogP) is 1.16. The number of carbonyl (C=O) groups is 1. The van der Waals surface area contributed by atoms with Gasteiger partial charge in [-0.05, 0) is 19.0 Å². The number of ether oxygens (including phenoxy) is 2. The first kappa shape index (κ1) is 22.6. The van der Waals surface area contributed by atoms with Crippen LogP contribution >= 0.6 is 0 Å². The van der Waals surface area contributed by atoms with Crippen LogP contribution in [0.2, 0.25) is 0 Å². The van der Waals surface area contributed by atoms with E-state index >= 15 is 0 Å². The lowest BCUT2D eigenvalue weighted by molar-refractivity contribution is -0.116. The van der Waals surface area contributed by atoms with E-state index in [9.17, 15) is 9.00 Å². The molecule has 0 spiro atoms. The van der Waals surface area contributed by atoms with Crippen LogP contribution in [0.25, 0.3) is 0 Å². The standard InChI is InChI=1S/C22H29N5O4S/c1-30-18-7-4-3-6-17(18)14-26-12-10-25(11-13-26)8-5-9-27-19(28)15-32(29)22-20(27)21(31-2)23-16-24-22/h3-4,6-7,16H,5,8-15H2,1-2H3. The summed E-state index contributed by atoms with van der Waals surface area (Å²) in [6, 6.07) is 8.15. The summed E-state index contributed by atoms with van der Waals surface area (Å²) in [6.45, 7) is 6.24. The fourth-order valence-electron chi connectivity index (χ4n) is 4.21. The van der Waals surface area contributed by atoms with Crippen molar-refractivity contribution in [3.05, 3.63) is 36.2 Å². The first-order chi connectivity index (χ1) is 15.6. The number of rotatable bonds is 8. The fourth-order valence-corrected chi connectivity index (χ4v) is 5.31. The van der Waals surface area contributed by atoms with Crippen LogP contribution in [0.5, 0.6) is 11.6 Å². The van der Waals surface area contributed by atoms with Crippen molar-refractivity contribution < 1.29 is 18.5 Å². The molecule has 0 radical (unpaired) electrons. The van der Waals surface area contributed by atoms with Crippen LogP contribution in [-0.4, -0.2) is 89.1 Å². The molecule has 0 N–H and O–H groups in total. The second-order valence-electron chi connectivity index (χ2n) is 7.86. The van der Waals surface area contributed by atoms with Gasteiger partial charge in [0.2, 0.25) is 11.8 Å². The number of methoxy groups -OCH3 is 2. The van der Waals surface area contributed by atoms with Crippen molar-refractivity contribution >= 4 is 22.4 Å². The van der Waals surface area contributed by atoms with Gasteiger partial charge in [-0.25, -0.2) is 4.98 Å². The molecule has 2 aliphatic heterocycles. The molecule has 2 aliphatic rings. The van der Waals surface area contributed by atoms with Gasteiger partial charge < -0.3 is 19.3 Å². The minimum Gasteiger partial charge on any atom is -0.496 e. The number of nitrogens with zero attached hydrogens (tertiary/aromatic N) is 5. The van der Waals surface area contributed by atoms with Gasteiger partial charge in [-0.1, -0.05) is 18.2 Å². The van der Waals surface area contributed by atoms with Gasteiger partial charge in [0.25, 0.3) is 0 Å². The summed E-state index contributed by atoms with van der Waals surface area (Å²) in [6.07, 6.45) is 2.14. The van der Waals surface area contributed by atoms with Crippen LogP contribution in [-0.2, 0) is 22.1 Å². The van der Waals surface area contributed by atoms with Crippen molar-refractivity contribution in [1.82, 2.24) is 19.8 Å². The van der Waals surface area contributed by atoms with Crippen molar-refractivity contribution in [2.24, 2.45) is 0 Å². The summed E-state index contributed by atoms with van der Waals surface area (Å²) in [5.74, 6) is 1.00. The van der Waals surface area contributed by atoms with Crippen molar-refractivity contribution in [2.45, 2.75) is 18.0 Å². The molecule has 1 aromatic heterocycles. The minimum absolute atomic E-state index is 0.0468. The predicted molar refractivity (Wildman–Crippen MR) is 122 cm³/mol. The molecule has 1 amide bonds. The number of carbonyl (C=O) groups excluding carboxylic acids is 1. The highest BCUT2D eigenvalue weighted by Crippen LogP contribution is 2.34. The molecule has 1 aromatic carbocycles. The number of anilines is 1. The molecule has 2 aromatic rings. The Bertz CT molecular complexity index is 981. The second kappa shape index (κ2) is 10.4. The third-order valence-electron chi connectivity index (χ3n) is 5.90. The lowest BCUT2D eigenvalue weighted by atomic mass is 10.1. The van der Waals surface area contributed by atoms with E-state index in [0.717, 1.165) is 51.4 Å². The zero-order chi connectivity index (χ0) is 22.5. The van der Waals surface area contributed by atoms with Gasteiger partial charge >= 0.3 is 0 Å². The number of amides is 1. The highest BCUT2D eigenvalue weighted by molar-refractivity contribution is 7.86. The van der Waals surface area contributed by atoms with E-state index in [-0.39, 0.29) is 11.7 Å². The zero-order valence-corrected chi connectivity index (χ0v) is 19.3. The molecular formula is C22H29N5O4S. The van der Waals surface area contributed by atoms with Crippen LogP contribution in [0.15, 0.2) is 35.6 Å². The Hall–Kier alpha value is -2.56. The molecule has 32 heavy (non-hydrogen) atoms. The summed E-state index contributed by atoms with van der Waals surface area (Å²) in [5, 5.41) is 0.376. The van der Waals surface area contributed by atoms with E-state index in [1.165, 1.54) is 19.0 Å². The molecule has 1 unspecified atom stereocenters. The molecule has 0 aliphatic carbocycles. The highest BCUT2D eigenvalue weighted by atomic mass is 32.2. The van der Waals surface area contributed by atoms with E-state index in [0.29, 0.717) is 23.1 Å². The third kappa shape index (κ3) is 4.92. The van der Waals surface area contributed by atoms with E-state index in [1.54, 1.807) is 12.0 Å². The smallest absolute Gasteiger partial charge is 0.242 e. The molecule has 1 fully saturated rings. The Labute approximate surface area is 190 Å². The monoisotopic (exact) mass is 459 g/mol. The Morgan fingerprint density at radius 3 is 2.50 bits per heavy atom. The largest absolute Gasteiger partial charge is 0.496 e. The van der Waals surface area contributed by atoms with E-state index < -0.39 is 10.8 Å². The summed E-state index contributed by atoms with van der Waals surface area (Å²) in [5.41, 5.74) is 1.66. The van der Waals surface area contributed by atoms with E-state index in [2.05, 4.69) is 25.8 Å². The summed E-state index contributed by atoms with van der Waals surface area (Å²) in [4.78, 5) is 27.3. The van der Waals surface area contributed by atoms with E-state index in [4.69, 9.17) is 9.47 Å². The summed E-state index contributed by atoms with van der Waals surface area (Å²) >= 11 is 0. The van der Waals surface area contributed by atoms with Crippen molar-refractivity contribution in [1.29, 1.82) is 0 Å². The third-order valence-corrected chi connectivity index (χ3v) is 7.14. The number of hydrogen-bond acceptors (Lipinski definition) is 8. The van der Waals surface area contributed by atoms with Crippen LogP contribution < -0.4 is 14.4 Å². The molecule has 0 bridgehead atoms. The topological polar surface area (TPSA) is 88.1 Å². The number of para-hydroxylation sites is 1. The number of aromatic nitrogens is 2. The highest BCUT2D eigenvalue weighted by Gasteiger charge is 2.33. The zero-order valence-electron chi connectivity index (χ0n) is 18.5. The number of hydrogen-bond donors (Lipinski definition) is 0. The fraction of sp³-hybridized carbons (Fsp3) is 0.500. The lowest BCUT2D eigenvalue weighted by Gasteiger charge is -2.35. The van der Waals surface area contributed by atoms with Crippen LogP contribution in [0, 0.1) is 0 Å². The average molecular weight is 460 g/mol. The van der Waals surface area contributed by atoms with Crippen LogP contribution in [0.3, 0.4) is 0 Å². The molecule has 3 heterocycles. The normalized spacial score (nSPS) is 19.6. The van der Waals surface area contributed by atoms with Crippen molar-refractivity contribution in [3.8, 4) is 11.6 Å². The van der Waals surface area contributed by atoms with Crippen LogP contribution in [0.4, 0.5) is 5.69 Å². The molecule has 4 rings (SSSR count). The summed E-state index contributed by atoms with van der Waals surface area (Å²) in [7, 11) is 1.74. The molecule has 1 atom stereocenters. The molecule has 172 valence electrons. The first-order valence-corrected chi connectivity index (χ1v) is 12.1. The average Bonchev–Trinajstić information content (AvgIpc) is 2.82. The van der Waals surface area contributed by atoms with Crippen LogP contribution in [0.1, 0.15) is 12.0 Å². The molecule has 10 heteroatoms. The Balaban J connectivity index is 1.29. The first-order valence-electron chi connectivity index (χ1n) is 10.7. The molecular weight excluding hydrogens is 430 g/mol. The van der Waals surface area contributed by atoms with Gasteiger partial charge in [-0.3, -0.25) is 13.9 Å². The molecule has 9 nitrogen and oxygen atoms in total. The minimum atomic E-state index is -1.46. The van der Waals surface area contributed by atoms with Gasteiger partial charge in [-0.15, -0.1) is 0 Å². The number of fused-ring (bicyclic) bond motifs is 1. The number of piperazine rings is 1. The Morgan fingerprint density at radius 1 is 1.00 bits per heavy atom. The van der Waals surface area contributed by atoms with Gasteiger partial charge in [0.15, 0.2) is 5.03 Å². The molecule has 1 saturated heterocycles. The van der Waals surface area contributed by atoms with E-state index in [1.807, 2.05) is 18.2 Å². The molecule has 0 saturated carbocycles. The second-order valence-corrected chi connectivity index (χ2v) is 9.22.